The van der Waals surface area contributed by atoms with Gasteiger partial charge in [0, 0.05) is 55.2 Å². The van der Waals surface area contributed by atoms with Gasteiger partial charge in [0.25, 0.3) is 0 Å². The Morgan fingerprint density at radius 2 is 2.13 bits per heavy atom. The van der Waals surface area contributed by atoms with Crippen LogP contribution < -0.4 is 5.32 Å². The first-order valence-corrected chi connectivity index (χ1v) is 11.5. The van der Waals surface area contributed by atoms with Gasteiger partial charge in [-0.25, -0.2) is 4.79 Å². The minimum Gasteiger partial charge on any atom is -0.383 e. The number of carbonyl (C=O) groups excluding carboxylic acids is 1. The molecule has 3 unspecified atom stereocenters. The van der Waals surface area contributed by atoms with Crippen molar-refractivity contribution in [1.82, 2.24) is 20.1 Å². The maximum Gasteiger partial charge on any atom is 0.317 e. The maximum absolute atomic E-state index is 12.5. The first-order valence-electron chi connectivity index (χ1n) is 11.5. The zero-order valence-corrected chi connectivity index (χ0v) is 18.4. The van der Waals surface area contributed by atoms with E-state index in [2.05, 4.69) is 40.4 Å². The van der Waals surface area contributed by atoms with E-state index in [1.54, 1.807) is 11.9 Å². The number of fused-ring (bicyclic) bond motifs is 2. The van der Waals surface area contributed by atoms with Gasteiger partial charge in [-0.15, -0.1) is 0 Å². The number of nitrogens with zero attached hydrogens (tertiary/aromatic N) is 2. The third-order valence-electron chi connectivity index (χ3n) is 7.89. The molecule has 0 radical (unpaired) electrons. The molecular formula is C24H34N4O2. The summed E-state index contributed by atoms with van der Waals surface area (Å²) in [5, 5.41) is 16.4. The van der Waals surface area contributed by atoms with Crippen LogP contribution in [0.2, 0.25) is 0 Å². The van der Waals surface area contributed by atoms with E-state index in [4.69, 9.17) is 0 Å². The number of likely N-dealkylation sites (N-methyl/N-ethyl adjacent to an activating group) is 1. The highest BCUT2D eigenvalue weighted by Crippen LogP contribution is 2.49. The molecule has 2 amide bonds. The van der Waals surface area contributed by atoms with Crippen LogP contribution in [-0.4, -0.2) is 65.2 Å². The molecule has 3 atom stereocenters. The monoisotopic (exact) mass is 410 g/mol. The van der Waals surface area contributed by atoms with Crippen LogP contribution in [0.3, 0.4) is 0 Å². The number of amides is 2. The Hall–Kier alpha value is -2.05. The van der Waals surface area contributed by atoms with Crippen LogP contribution in [0.25, 0.3) is 10.9 Å². The molecule has 3 aliphatic rings. The van der Waals surface area contributed by atoms with Crippen molar-refractivity contribution < 1.29 is 9.90 Å². The standard InChI is InChI=1S/C24H34N4O2/c1-4-27(2)23(29)25-16-13-24(30)18-10-7-11-19-21(18)17(12-20(24)28(3)14-16)22(26-19)15-8-5-6-9-15/h7,10-11,15-16,20,26,30H,4-6,8-9,12-14H2,1-3H3,(H,25,29). The highest BCUT2D eigenvalue weighted by Gasteiger charge is 2.51. The van der Waals surface area contributed by atoms with E-state index in [9.17, 15) is 9.90 Å². The van der Waals surface area contributed by atoms with Crippen molar-refractivity contribution in [2.24, 2.45) is 0 Å². The lowest BCUT2D eigenvalue weighted by Crippen LogP contribution is -2.63. The van der Waals surface area contributed by atoms with Gasteiger partial charge in [-0.2, -0.15) is 0 Å². The summed E-state index contributed by atoms with van der Waals surface area (Å²) in [6.07, 6.45) is 6.57. The van der Waals surface area contributed by atoms with Gasteiger partial charge < -0.3 is 20.3 Å². The molecule has 1 aliphatic heterocycles. The van der Waals surface area contributed by atoms with Gasteiger partial charge in [0.05, 0.1) is 0 Å². The Bertz CT molecular complexity index is 964. The Kier molecular flexibility index (Phi) is 4.82. The second kappa shape index (κ2) is 7.27. The fraction of sp³-hybridized carbons (Fsp3) is 0.625. The summed E-state index contributed by atoms with van der Waals surface area (Å²) in [6, 6.07) is 6.18. The molecule has 3 N–H and O–H groups in total. The van der Waals surface area contributed by atoms with Crippen molar-refractivity contribution in [3.8, 4) is 0 Å². The van der Waals surface area contributed by atoms with Gasteiger partial charge in [0.1, 0.15) is 5.60 Å². The van der Waals surface area contributed by atoms with Crippen molar-refractivity contribution in [1.29, 1.82) is 0 Å². The molecule has 1 aromatic carbocycles. The fourth-order valence-corrected chi connectivity index (χ4v) is 6.22. The number of benzene rings is 1. The topological polar surface area (TPSA) is 71.6 Å². The normalized spacial score (nSPS) is 29.2. The molecule has 2 fully saturated rings. The van der Waals surface area contributed by atoms with Crippen LogP contribution in [0, 0.1) is 0 Å². The van der Waals surface area contributed by atoms with Crippen molar-refractivity contribution in [2.45, 2.75) is 69.1 Å². The van der Waals surface area contributed by atoms with Crippen LogP contribution in [-0.2, 0) is 12.0 Å². The van der Waals surface area contributed by atoms with Gasteiger partial charge in [-0.05, 0) is 56.3 Å². The Labute approximate surface area is 178 Å². The SMILES string of the molecule is CCN(C)C(=O)NC1CN(C)C2Cc3c(C4CCCC4)[nH]c4cccc(c34)C2(O)C1. The number of hydrogen-bond acceptors (Lipinski definition) is 3. The molecule has 2 aromatic rings. The number of aromatic nitrogens is 1. The van der Waals surface area contributed by atoms with Crippen LogP contribution in [0.15, 0.2) is 18.2 Å². The lowest BCUT2D eigenvalue weighted by Gasteiger charge is -2.51. The number of rotatable bonds is 3. The minimum absolute atomic E-state index is 0.0311. The minimum atomic E-state index is -0.961. The third-order valence-corrected chi connectivity index (χ3v) is 7.89. The molecule has 1 saturated carbocycles. The number of urea groups is 1. The molecule has 1 saturated heterocycles. The predicted molar refractivity (Wildman–Crippen MR) is 119 cm³/mol. The summed E-state index contributed by atoms with van der Waals surface area (Å²) >= 11 is 0. The first-order chi connectivity index (χ1) is 14.4. The van der Waals surface area contributed by atoms with Crippen LogP contribution in [0.4, 0.5) is 4.79 Å². The molecule has 30 heavy (non-hydrogen) atoms. The number of nitrogens with one attached hydrogen (secondary N) is 2. The number of aliphatic hydroxyl groups is 1. The van der Waals surface area contributed by atoms with Crippen molar-refractivity contribution in [2.75, 3.05) is 27.2 Å². The Morgan fingerprint density at radius 3 is 2.87 bits per heavy atom. The van der Waals surface area contributed by atoms with Gasteiger partial charge in [0.2, 0.25) is 0 Å². The lowest BCUT2D eigenvalue weighted by molar-refractivity contribution is -0.0889. The number of hydrogen-bond donors (Lipinski definition) is 3. The maximum atomic E-state index is 12.5. The van der Waals surface area contributed by atoms with Gasteiger partial charge >= 0.3 is 6.03 Å². The van der Waals surface area contributed by atoms with Crippen LogP contribution >= 0.6 is 0 Å². The summed E-state index contributed by atoms with van der Waals surface area (Å²) in [5.74, 6) is 0.622. The van der Waals surface area contributed by atoms with Crippen LogP contribution in [0.5, 0.6) is 0 Å². The van der Waals surface area contributed by atoms with Gasteiger partial charge in [-0.3, -0.25) is 4.90 Å². The Balaban J connectivity index is 1.54. The largest absolute Gasteiger partial charge is 0.383 e. The quantitative estimate of drug-likeness (QED) is 0.727. The number of H-pyrrole nitrogens is 1. The average Bonchev–Trinajstić information content (AvgIpc) is 3.37. The number of aromatic amines is 1. The molecule has 6 heteroatoms. The summed E-state index contributed by atoms with van der Waals surface area (Å²) in [5.41, 5.74) is 4.04. The van der Waals surface area contributed by atoms with E-state index >= 15 is 0 Å². The summed E-state index contributed by atoms with van der Waals surface area (Å²) in [6.45, 7) is 3.38. The van der Waals surface area contributed by atoms with E-state index in [0.717, 1.165) is 24.0 Å². The molecule has 5 rings (SSSR count). The van der Waals surface area contributed by atoms with Gasteiger partial charge in [0.15, 0.2) is 0 Å². The highest BCUT2D eigenvalue weighted by atomic mass is 16.3. The van der Waals surface area contributed by atoms with E-state index in [-0.39, 0.29) is 18.1 Å². The van der Waals surface area contributed by atoms with E-state index < -0.39 is 5.60 Å². The molecular weight excluding hydrogens is 376 g/mol. The first kappa shape index (κ1) is 19.9. The molecule has 2 aliphatic carbocycles. The van der Waals surface area contributed by atoms with E-state index in [1.165, 1.54) is 42.3 Å². The number of carbonyl (C=O) groups is 1. The average molecular weight is 411 g/mol. The van der Waals surface area contributed by atoms with Crippen LogP contribution in [0.1, 0.15) is 61.8 Å². The zero-order valence-electron chi connectivity index (χ0n) is 18.4. The second-order valence-corrected chi connectivity index (χ2v) is 9.68. The fourth-order valence-electron chi connectivity index (χ4n) is 6.22. The summed E-state index contributed by atoms with van der Waals surface area (Å²) in [4.78, 5) is 20.1. The summed E-state index contributed by atoms with van der Waals surface area (Å²) < 4.78 is 0. The molecule has 162 valence electrons. The third kappa shape index (κ3) is 2.95. The van der Waals surface area contributed by atoms with E-state index in [1.807, 2.05) is 6.92 Å². The highest BCUT2D eigenvalue weighted by molar-refractivity contribution is 5.90. The smallest absolute Gasteiger partial charge is 0.317 e. The lowest BCUT2D eigenvalue weighted by atomic mass is 9.69. The zero-order chi connectivity index (χ0) is 21.0. The van der Waals surface area contributed by atoms with Crippen molar-refractivity contribution in [3.05, 3.63) is 35.0 Å². The van der Waals surface area contributed by atoms with Gasteiger partial charge in [-0.1, -0.05) is 25.0 Å². The Morgan fingerprint density at radius 1 is 1.37 bits per heavy atom. The second-order valence-electron chi connectivity index (χ2n) is 9.68. The van der Waals surface area contributed by atoms with E-state index in [0.29, 0.717) is 18.9 Å². The molecule has 1 aromatic heterocycles. The molecule has 0 bridgehead atoms. The summed E-state index contributed by atoms with van der Waals surface area (Å²) in [7, 11) is 3.89. The molecule has 2 heterocycles. The number of piperidine rings is 1. The molecule has 0 spiro atoms. The molecule has 6 nitrogen and oxygen atoms in total. The predicted octanol–water partition coefficient (Wildman–Crippen LogP) is 3.30. The number of likely N-dealkylation sites (tertiary alicyclic amines) is 1. The van der Waals surface area contributed by atoms with Crippen molar-refractivity contribution >= 4 is 16.9 Å². The van der Waals surface area contributed by atoms with Crippen molar-refractivity contribution in [3.63, 3.8) is 0 Å².